The highest BCUT2D eigenvalue weighted by molar-refractivity contribution is 6.02. The first kappa shape index (κ1) is 14.1. The van der Waals surface area contributed by atoms with Crippen LogP contribution in [0.1, 0.15) is 5.56 Å². The molecule has 1 amide bonds. The molecule has 2 rings (SSSR count). The van der Waals surface area contributed by atoms with Crippen LogP contribution in [0.25, 0.3) is 10.9 Å². The molecule has 0 fully saturated rings. The number of aromatic amines is 1. The van der Waals surface area contributed by atoms with Gasteiger partial charge in [0.1, 0.15) is 6.04 Å². The van der Waals surface area contributed by atoms with Gasteiger partial charge in [-0.25, -0.2) is 10.5 Å². The second kappa shape index (κ2) is 6.77. The molecule has 0 spiro atoms. The van der Waals surface area contributed by atoms with E-state index in [1.807, 2.05) is 30.5 Å². The molecule has 1 atom stereocenters. The van der Waals surface area contributed by atoms with Gasteiger partial charge in [0.15, 0.2) is 6.40 Å². The predicted molar refractivity (Wildman–Crippen MR) is 76.3 cm³/mol. The summed E-state index contributed by atoms with van der Waals surface area (Å²) in [6.45, 7) is 0. The number of amides is 1. The summed E-state index contributed by atoms with van der Waals surface area (Å²) in [4.78, 5) is 23.6. The molecule has 1 aromatic carbocycles. The Bertz CT molecular complexity index is 612. The summed E-state index contributed by atoms with van der Waals surface area (Å²) >= 11 is 0. The van der Waals surface area contributed by atoms with Gasteiger partial charge in [0.2, 0.25) is 0 Å². The van der Waals surface area contributed by atoms with Gasteiger partial charge < -0.3 is 9.64 Å². The lowest BCUT2D eigenvalue weighted by Gasteiger charge is -2.11. The van der Waals surface area contributed by atoms with Crippen molar-refractivity contribution in [1.82, 2.24) is 10.5 Å². The number of aromatic nitrogens is 1. The molecule has 2 N–H and O–H groups in total. The van der Waals surface area contributed by atoms with Gasteiger partial charge in [-0.15, -0.1) is 0 Å². The smallest absolute Gasteiger partial charge is 0.375 e. The van der Waals surface area contributed by atoms with Crippen LogP contribution in [0.15, 0.2) is 35.5 Å². The van der Waals surface area contributed by atoms with Crippen LogP contribution in [0.3, 0.4) is 0 Å². The first-order valence-corrected chi connectivity index (χ1v) is 6.01. The zero-order valence-electron chi connectivity index (χ0n) is 11.0. The van der Waals surface area contributed by atoms with Crippen molar-refractivity contribution in [3.05, 3.63) is 36.0 Å². The van der Waals surface area contributed by atoms with E-state index < -0.39 is 6.04 Å². The van der Waals surface area contributed by atoms with Gasteiger partial charge in [0, 0.05) is 23.5 Å². The summed E-state index contributed by atoms with van der Waals surface area (Å²) < 4.78 is 4.29. The molecule has 102 valence electrons. The lowest BCUT2D eigenvalue weighted by Crippen LogP contribution is -2.34. The molecule has 0 saturated carbocycles. The third kappa shape index (κ3) is 3.18. The maximum absolute atomic E-state index is 11.9. The van der Waals surface area contributed by atoms with E-state index in [1.165, 1.54) is 7.11 Å². The molecule has 20 heavy (non-hydrogen) atoms. The minimum Gasteiger partial charge on any atom is -0.560 e. The quantitative estimate of drug-likeness (QED) is 0.354. The number of hydroxylamine groups is 1. The van der Waals surface area contributed by atoms with Crippen molar-refractivity contribution < 1.29 is 14.3 Å². The van der Waals surface area contributed by atoms with Crippen LogP contribution in [0, 0.1) is 0 Å². The summed E-state index contributed by atoms with van der Waals surface area (Å²) in [5, 5.41) is 1.05. The number of nitrogens with zero attached hydrogens (tertiary/aromatic N) is 1. The molecule has 0 aliphatic carbocycles. The number of aliphatic imine (C=N–C) groups is 1. The van der Waals surface area contributed by atoms with Crippen LogP contribution in [0.4, 0.5) is 0 Å². The Hall–Kier alpha value is -2.28. The minimum absolute atomic E-state index is 0.369. The highest BCUT2D eigenvalue weighted by atomic mass is 16.6. The maximum atomic E-state index is 11.9. The average molecular weight is 271 g/mol. The largest absolute Gasteiger partial charge is 0.560 e. The van der Waals surface area contributed by atoms with E-state index in [0.29, 0.717) is 6.42 Å². The maximum Gasteiger partial charge on any atom is 0.375 e. The van der Waals surface area contributed by atoms with Crippen molar-refractivity contribution in [3.8, 4) is 0 Å². The zero-order chi connectivity index (χ0) is 14.4. The molecule has 0 aliphatic heterocycles. The minimum atomic E-state index is -0.683. The van der Waals surface area contributed by atoms with Crippen LogP contribution in [-0.4, -0.2) is 38.5 Å². The van der Waals surface area contributed by atoms with Gasteiger partial charge in [0.05, 0.1) is 7.11 Å². The van der Waals surface area contributed by atoms with Crippen LogP contribution < -0.4 is 5.48 Å². The fourth-order valence-electron chi connectivity index (χ4n) is 2.00. The van der Waals surface area contributed by atoms with Gasteiger partial charge in [0.25, 0.3) is 5.91 Å². The van der Waals surface area contributed by atoms with E-state index >= 15 is 0 Å². The van der Waals surface area contributed by atoms with Crippen molar-refractivity contribution in [1.29, 1.82) is 0 Å². The fraction of sp³-hybridized carbons (Fsp3) is 0.231. The molecule has 2 radical (unpaired) electrons. The third-order valence-electron chi connectivity index (χ3n) is 2.90. The van der Waals surface area contributed by atoms with E-state index in [9.17, 15) is 4.79 Å². The van der Waals surface area contributed by atoms with Crippen LogP contribution in [0.5, 0.6) is 0 Å². The lowest BCUT2D eigenvalue weighted by atomic mass is 10.1. The predicted octanol–water partition coefficient (Wildman–Crippen LogP) is 0.885. The van der Waals surface area contributed by atoms with Crippen molar-refractivity contribution in [2.75, 3.05) is 7.11 Å². The molecule has 0 aliphatic rings. The molecule has 1 aromatic heterocycles. The Labute approximate surface area is 117 Å². The number of hydrogen-bond donors (Lipinski definition) is 2. The van der Waals surface area contributed by atoms with Crippen LogP contribution in [-0.2, 0) is 20.7 Å². The molecular weight excluding hydrogens is 257 g/mol. The summed E-state index contributed by atoms with van der Waals surface area (Å²) in [5.74, 6) is -0.369. The average Bonchev–Trinajstić information content (AvgIpc) is 2.87. The van der Waals surface area contributed by atoms with Crippen molar-refractivity contribution in [2.45, 2.75) is 12.5 Å². The van der Waals surface area contributed by atoms with Crippen molar-refractivity contribution >= 4 is 31.3 Å². The number of carbonyl (C=O) groups excluding carboxylic acids is 1. The monoisotopic (exact) mass is 271 g/mol. The normalized spacial score (nSPS) is 12.7. The SMILES string of the molecule is [B]OC=N[C@@H](Cc1c[nH]c2ccccc12)C(=O)NOC. The van der Waals surface area contributed by atoms with Crippen LogP contribution >= 0.6 is 0 Å². The van der Waals surface area contributed by atoms with E-state index in [4.69, 9.17) is 8.05 Å². The van der Waals surface area contributed by atoms with Crippen molar-refractivity contribution in [3.63, 3.8) is 0 Å². The summed E-state index contributed by atoms with van der Waals surface area (Å²) in [6.07, 6.45) is 3.30. The van der Waals surface area contributed by atoms with Gasteiger partial charge >= 0.3 is 8.05 Å². The molecule has 2 aromatic rings. The van der Waals surface area contributed by atoms with Gasteiger partial charge in [-0.05, 0) is 11.6 Å². The number of nitrogens with one attached hydrogen (secondary N) is 2. The van der Waals surface area contributed by atoms with Gasteiger partial charge in [-0.1, -0.05) is 18.2 Å². The van der Waals surface area contributed by atoms with Crippen LogP contribution in [0.2, 0.25) is 0 Å². The van der Waals surface area contributed by atoms with E-state index in [1.54, 1.807) is 0 Å². The molecule has 7 heteroatoms. The highest BCUT2D eigenvalue weighted by Crippen LogP contribution is 2.19. The number of rotatable bonds is 6. The lowest BCUT2D eigenvalue weighted by molar-refractivity contribution is -0.132. The molecular formula is C13H14BN3O3. The topological polar surface area (TPSA) is 75.7 Å². The standard InChI is InChI=1S/C13H14BN3O3/c1-19-17-13(18)12(16-8-20-14)6-9-7-15-11-5-3-2-4-10(9)11/h2-5,7-8,12,15H,6H2,1H3,(H,17,18)/t12-/m0/s1. The van der Waals surface area contributed by atoms with E-state index in [-0.39, 0.29) is 5.91 Å². The number of benzene rings is 1. The number of H-pyrrole nitrogens is 1. The number of hydrogen-bond acceptors (Lipinski definition) is 4. The Balaban J connectivity index is 2.22. The molecule has 1 heterocycles. The second-order valence-corrected chi connectivity index (χ2v) is 4.14. The zero-order valence-corrected chi connectivity index (χ0v) is 11.0. The number of fused-ring (bicyclic) bond motifs is 1. The summed E-state index contributed by atoms with van der Waals surface area (Å²) in [7, 11) is 6.26. The van der Waals surface area contributed by atoms with Crippen molar-refractivity contribution in [2.24, 2.45) is 4.99 Å². The highest BCUT2D eigenvalue weighted by Gasteiger charge is 2.19. The Morgan fingerprint density at radius 3 is 3.10 bits per heavy atom. The third-order valence-corrected chi connectivity index (χ3v) is 2.90. The Morgan fingerprint density at radius 1 is 1.55 bits per heavy atom. The second-order valence-electron chi connectivity index (χ2n) is 4.14. The van der Waals surface area contributed by atoms with E-state index in [2.05, 4.69) is 24.9 Å². The first-order valence-electron chi connectivity index (χ1n) is 6.01. The van der Waals surface area contributed by atoms with E-state index in [0.717, 1.165) is 22.9 Å². The molecule has 0 unspecified atom stereocenters. The summed E-state index contributed by atoms with van der Waals surface area (Å²) in [6, 6.07) is 7.15. The summed E-state index contributed by atoms with van der Waals surface area (Å²) in [5.41, 5.74) is 4.24. The van der Waals surface area contributed by atoms with Gasteiger partial charge in [-0.3, -0.25) is 9.63 Å². The Kier molecular flexibility index (Phi) is 4.78. The van der Waals surface area contributed by atoms with Gasteiger partial charge in [-0.2, -0.15) is 0 Å². The molecule has 6 nitrogen and oxygen atoms in total. The number of para-hydroxylation sites is 1. The Morgan fingerprint density at radius 2 is 2.35 bits per heavy atom. The fourth-order valence-corrected chi connectivity index (χ4v) is 2.00. The first-order chi connectivity index (χ1) is 9.76. The number of carbonyl (C=O) groups is 1. The molecule has 0 saturated heterocycles. The molecule has 0 bridgehead atoms.